The van der Waals surface area contributed by atoms with Gasteiger partial charge in [0.25, 0.3) is 0 Å². The molecule has 1 saturated heterocycles. The second kappa shape index (κ2) is 6.85. The van der Waals surface area contributed by atoms with Gasteiger partial charge in [0.15, 0.2) is 0 Å². The van der Waals surface area contributed by atoms with Crippen LogP contribution in [0.15, 0.2) is 5.38 Å². The van der Waals surface area contributed by atoms with Crippen LogP contribution in [0.3, 0.4) is 0 Å². The summed E-state index contributed by atoms with van der Waals surface area (Å²) < 4.78 is 0. The fourth-order valence-corrected chi connectivity index (χ4v) is 3.02. The van der Waals surface area contributed by atoms with E-state index in [4.69, 9.17) is 0 Å². The zero-order valence-electron chi connectivity index (χ0n) is 10.9. The van der Waals surface area contributed by atoms with Crippen LogP contribution < -0.4 is 10.6 Å². The summed E-state index contributed by atoms with van der Waals surface area (Å²) in [5.74, 6) is 0.187. The van der Waals surface area contributed by atoms with E-state index in [0.717, 1.165) is 38.8 Å². The van der Waals surface area contributed by atoms with Crippen LogP contribution in [0.4, 0.5) is 0 Å². The van der Waals surface area contributed by atoms with Crippen LogP contribution in [0.1, 0.15) is 36.9 Å². The van der Waals surface area contributed by atoms with E-state index in [1.54, 1.807) is 11.3 Å². The van der Waals surface area contributed by atoms with Gasteiger partial charge in [-0.3, -0.25) is 4.79 Å². The van der Waals surface area contributed by atoms with E-state index in [-0.39, 0.29) is 5.91 Å². The van der Waals surface area contributed by atoms with Crippen molar-refractivity contribution < 1.29 is 4.79 Å². The normalized spacial score (nSPS) is 20.5. The maximum Gasteiger partial charge on any atom is 0.220 e. The van der Waals surface area contributed by atoms with Crippen LogP contribution in [-0.2, 0) is 17.6 Å². The molecule has 1 atom stereocenters. The summed E-state index contributed by atoms with van der Waals surface area (Å²) in [7, 11) is 0. The Balaban J connectivity index is 1.69. The highest BCUT2D eigenvalue weighted by atomic mass is 32.1. The summed E-state index contributed by atoms with van der Waals surface area (Å²) in [5, 5.41) is 9.79. The summed E-state index contributed by atoms with van der Waals surface area (Å²) in [4.78, 5) is 15.8. The average Bonchev–Trinajstić information content (AvgIpc) is 2.73. The first-order valence-corrected chi connectivity index (χ1v) is 7.59. The SMILES string of the molecule is CCc1csc(CCN[C@H]2CCNC(=O)CC2)n1. The molecule has 18 heavy (non-hydrogen) atoms. The summed E-state index contributed by atoms with van der Waals surface area (Å²) >= 11 is 1.75. The number of hydrogen-bond donors (Lipinski definition) is 2. The first-order chi connectivity index (χ1) is 8.78. The highest BCUT2D eigenvalue weighted by Gasteiger charge is 2.15. The van der Waals surface area contributed by atoms with Gasteiger partial charge in [-0.1, -0.05) is 6.92 Å². The third kappa shape index (κ3) is 4.07. The van der Waals surface area contributed by atoms with Gasteiger partial charge in [-0.05, 0) is 19.3 Å². The predicted octanol–water partition coefficient (Wildman–Crippen LogP) is 1.51. The quantitative estimate of drug-likeness (QED) is 0.850. The average molecular weight is 267 g/mol. The molecule has 100 valence electrons. The molecule has 1 aromatic rings. The number of nitrogens with one attached hydrogen (secondary N) is 2. The van der Waals surface area contributed by atoms with Crippen molar-refractivity contribution in [2.45, 2.75) is 45.1 Å². The van der Waals surface area contributed by atoms with Gasteiger partial charge in [0.2, 0.25) is 5.91 Å². The molecule has 1 aliphatic rings. The molecule has 0 saturated carbocycles. The fraction of sp³-hybridized carbons (Fsp3) is 0.692. The lowest BCUT2D eigenvalue weighted by Crippen LogP contribution is -2.31. The third-order valence-corrected chi connectivity index (χ3v) is 4.23. The first kappa shape index (κ1) is 13.5. The van der Waals surface area contributed by atoms with E-state index in [0.29, 0.717) is 12.5 Å². The number of hydrogen-bond acceptors (Lipinski definition) is 4. The molecule has 1 aromatic heterocycles. The second-order valence-corrected chi connectivity index (χ2v) is 5.61. The standard InChI is InChI=1S/C13H21N3OS/c1-2-10-9-18-13(16-10)6-8-14-11-3-4-12(17)15-7-5-11/h9,11,14H,2-8H2,1H3,(H,15,17)/t11-/m1/s1. The Morgan fingerprint density at radius 3 is 3.22 bits per heavy atom. The lowest BCUT2D eigenvalue weighted by molar-refractivity contribution is -0.120. The van der Waals surface area contributed by atoms with Crippen molar-refractivity contribution in [3.8, 4) is 0 Å². The molecule has 0 aliphatic carbocycles. The molecule has 1 fully saturated rings. The van der Waals surface area contributed by atoms with Gasteiger partial charge in [-0.25, -0.2) is 4.98 Å². The molecular weight excluding hydrogens is 246 g/mol. The molecule has 2 heterocycles. The minimum absolute atomic E-state index is 0.187. The van der Waals surface area contributed by atoms with Crippen LogP contribution in [0.2, 0.25) is 0 Å². The van der Waals surface area contributed by atoms with E-state index >= 15 is 0 Å². The van der Waals surface area contributed by atoms with Crippen LogP contribution in [0, 0.1) is 0 Å². The number of carbonyl (C=O) groups excluding carboxylic acids is 1. The second-order valence-electron chi connectivity index (χ2n) is 4.66. The van der Waals surface area contributed by atoms with E-state index in [1.165, 1.54) is 10.7 Å². The molecular formula is C13H21N3OS. The Kier molecular flexibility index (Phi) is 5.13. The molecule has 1 aliphatic heterocycles. The molecule has 1 amide bonds. The number of aromatic nitrogens is 1. The topological polar surface area (TPSA) is 54.0 Å². The van der Waals surface area contributed by atoms with Crippen molar-refractivity contribution in [1.29, 1.82) is 0 Å². The van der Waals surface area contributed by atoms with Crippen molar-refractivity contribution in [1.82, 2.24) is 15.6 Å². The lowest BCUT2D eigenvalue weighted by atomic mass is 10.1. The Morgan fingerprint density at radius 1 is 1.56 bits per heavy atom. The highest BCUT2D eigenvalue weighted by molar-refractivity contribution is 7.09. The first-order valence-electron chi connectivity index (χ1n) is 6.71. The number of nitrogens with zero attached hydrogens (tertiary/aromatic N) is 1. The Morgan fingerprint density at radius 2 is 2.44 bits per heavy atom. The largest absolute Gasteiger partial charge is 0.356 e. The van der Waals surface area contributed by atoms with Gasteiger partial charge < -0.3 is 10.6 Å². The minimum Gasteiger partial charge on any atom is -0.356 e. The molecule has 0 unspecified atom stereocenters. The van der Waals surface area contributed by atoms with Crippen LogP contribution in [-0.4, -0.2) is 30.0 Å². The fourth-order valence-electron chi connectivity index (χ4n) is 2.14. The predicted molar refractivity (Wildman–Crippen MR) is 73.8 cm³/mol. The molecule has 4 nitrogen and oxygen atoms in total. The van der Waals surface area contributed by atoms with Gasteiger partial charge >= 0.3 is 0 Å². The smallest absolute Gasteiger partial charge is 0.220 e. The molecule has 0 bridgehead atoms. The van der Waals surface area contributed by atoms with Crippen molar-refractivity contribution in [3.63, 3.8) is 0 Å². The maximum absolute atomic E-state index is 11.2. The number of carbonyl (C=O) groups is 1. The van der Waals surface area contributed by atoms with Gasteiger partial charge in [-0.15, -0.1) is 11.3 Å². The van der Waals surface area contributed by atoms with Gasteiger partial charge in [0.05, 0.1) is 10.7 Å². The van der Waals surface area contributed by atoms with Gasteiger partial charge in [0, 0.05) is 37.4 Å². The van der Waals surface area contributed by atoms with Crippen LogP contribution >= 0.6 is 11.3 Å². The zero-order valence-corrected chi connectivity index (χ0v) is 11.7. The van der Waals surface area contributed by atoms with E-state index in [2.05, 4.69) is 27.9 Å². The lowest BCUT2D eigenvalue weighted by Gasteiger charge is -2.14. The van der Waals surface area contributed by atoms with E-state index < -0.39 is 0 Å². The van der Waals surface area contributed by atoms with Crippen molar-refractivity contribution >= 4 is 17.2 Å². The van der Waals surface area contributed by atoms with Gasteiger partial charge in [-0.2, -0.15) is 0 Å². The molecule has 0 aromatic carbocycles. The summed E-state index contributed by atoms with van der Waals surface area (Å²) in [6.07, 6.45) is 4.63. The van der Waals surface area contributed by atoms with Crippen LogP contribution in [0.25, 0.3) is 0 Å². The number of rotatable bonds is 5. The summed E-state index contributed by atoms with van der Waals surface area (Å²) in [5.41, 5.74) is 1.19. The zero-order chi connectivity index (χ0) is 12.8. The van der Waals surface area contributed by atoms with Crippen LogP contribution in [0.5, 0.6) is 0 Å². The summed E-state index contributed by atoms with van der Waals surface area (Å²) in [6.45, 7) is 3.88. The number of thiazole rings is 1. The van der Waals surface area contributed by atoms with E-state index in [1.807, 2.05) is 0 Å². The van der Waals surface area contributed by atoms with Crippen molar-refractivity contribution in [2.75, 3.05) is 13.1 Å². The molecule has 2 rings (SSSR count). The van der Waals surface area contributed by atoms with Gasteiger partial charge in [0.1, 0.15) is 0 Å². The number of aryl methyl sites for hydroxylation is 1. The molecule has 5 heteroatoms. The van der Waals surface area contributed by atoms with Crippen molar-refractivity contribution in [3.05, 3.63) is 16.1 Å². The Bertz CT molecular complexity index is 391. The van der Waals surface area contributed by atoms with E-state index in [9.17, 15) is 4.79 Å². The summed E-state index contributed by atoms with van der Waals surface area (Å²) in [6, 6.07) is 0.467. The third-order valence-electron chi connectivity index (χ3n) is 3.27. The molecule has 0 radical (unpaired) electrons. The Hall–Kier alpha value is -0.940. The highest BCUT2D eigenvalue weighted by Crippen LogP contribution is 2.11. The molecule has 2 N–H and O–H groups in total. The van der Waals surface area contributed by atoms with Crippen molar-refractivity contribution in [2.24, 2.45) is 0 Å². The minimum atomic E-state index is 0.187. The number of amides is 1. The molecule has 0 spiro atoms. The maximum atomic E-state index is 11.2. The monoisotopic (exact) mass is 267 g/mol. The Labute approximate surface area is 112 Å².